The van der Waals surface area contributed by atoms with E-state index in [1.165, 1.54) is 7.11 Å². The molecule has 0 amide bonds. The summed E-state index contributed by atoms with van der Waals surface area (Å²) in [5.41, 5.74) is 0. The zero-order valence-electron chi connectivity index (χ0n) is 9.11. The van der Waals surface area contributed by atoms with E-state index in [-0.39, 0.29) is 18.0 Å². The van der Waals surface area contributed by atoms with Crippen molar-refractivity contribution in [3.8, 4) is 0 Å². The van der Waals surface area contributed by atoms with Crippen molar-refractivity contribution in [1.29, 1.82) is 0 Å². The molecule has 0 aromatic heterocycles. The molecule has 0 saturated heterocycles. The summed E-state index contributed by atoms with van der Waals surface area (Å²) in [7, 11) is 1.88. The zero-order chi connectivity index (χ0) is 11.1. The fraction of sp³-hybridized carbons (Fsp3) is 0.889. The van der Waals surface area contributed by atoms with Gasteiger partial charge < -0.3 is 9.47 Å². The van der Waals surface area contributed by atoms with E-state index in [1.807, 2.05) is 6.92 Å². The third-order valence-electron chi connectivity index (χ3n) is 1.86. The monoisotopic (exact) mass is 222 g/mol. The van der Waals surface area contributed by atoms with Gasteiger partial charge in [0.25, 0.3) is 0 Å². The van der Waals surface area contributed by atoms with Crippen LogP contribution in [0.1, 0.15) is 13.8 Å². The molecular weight excluding hydrogens is 204 g/mol. The molecule has 0 aliphatic heterocycles. The second-order valence-corrected chi connectivity index (χ2v) is 4.79. The van der Waals surface area contributed by atoms with Gasteiger partial charge in [0.15, 0.2) is 0 Å². The summed E-state index contributed by atoms with van der Waals surface area (Å²) in [4.78, 5) is 11.0. The van der Waals surface area contributed by atoms with E-state index in [1.54, 1.807) is 14.0 Å². The molecule has 0 fully saturated rings. The van der Waals surface area contributed by atoms with Crippen molar-refractivity contribution in [2.24, 2.45) is 5.92 Å². The number of carbonyl (C=O) groups excluding carboxylic acids is 1. The lowest BCUT2D eigenvalue weighted by Crippen LogP contribution is -2.24. The lowest BCUT2D eigenvalue weighted by molar-refractivity contribution is -0.144. The van der Waals surface area contributed by atoms with Crippen LogP contribution in [0, 0.1) is 5.92 Å². The average molecular weight is 222 g/mol. The Hall–Kier alpha value is -0.420. The maximum atomic E-state index is 11.5. The summed E-state index contributed by atoms with van der Waals surface area (Å²) in [5.74, 6) is 0.159. The molecule has 14 heavy (non-hydrogen) atoms. The topological polar surface area (TPSA) is 52.6 Å². The van der Waals surface area contributed by atoms with Gasteiger partial charge in [-0.1, -0.05) is 6.92 Å². The third-order valence-corrected chi connectivity index (χ3v) is 3.58. The number of hydrogen-bond donors (Lipinski definition) is 0. The molecule has 3 atom stereocenters. The standard InChI is InChI=1S/C9H18O4S/c1-7(9(10)13-4)5-14(11)6-8(2)12-3/h7-8H,5-6H2,1-4H3. The van der Waals surface area contributed by atoms with E-state index >= 15 is 0 Å². The van der Waals surface area contributed by atoms with Crippen LogP contribution in [-0.4, -0.2) is 42.0 Å². The lowest BCUT2D eigenvalue weighted by atomic mass is 10.2. The zero-order valence-corrected chi connectivity index (χ0v) is 9.93. The first-order chi connectivity index (χ1) is 6.51. The number of hydrogen-bond acceptors (Lipinski definition) is 4. The van der Waals surface area contributed by atoms with Gasteiger partial charge in [0.2, 0.25) is 0 Å². The lowest BCUT2D eigenvalue weighted by Gasteiger charge is -2.11. The molecule has 3 unspecified atom stereocenters. The van der Waals surface area contributed by atoms with Crippen molar-refractivity contribution < 1.29 is 18.5 Å². The van der Waals surface area contributed by atoms with Gasteiger partial charge in [0.1, 0.15) is 0 Å². The molecule has 4 nitrogen and oxygen atoms in total. The highest BCUT2D eigenvalue weighted by atomic mass is 32.2. The molecule has 0 bridgehead atoms. The van der Waals surface area contributed by atoms with Gasteiger partial charge in [-0.15, -0.1) is 0 Å². The smallest absolute Gasteiger partial charge is 0.309 e. The van der Waals surface area contributed by atoms with E-state index in [9.17, 15) is 9.00 Å². The van der Waals surface area contributed by atoms with Crippen molar-refractivity contribution in [2.45, 2.75) is 20.0 Å². The minimum atomic E-state index is -1.03. The highest BCUT2D eigenvalue weighted by Crippen LogP contribution is 2.03. The summed E-state index contributed by atoms with van der Waals surface area (Å²) in [5, 5.41) is 0. The van der Waals surface area contributed by atoms with Gasteiger partial charge in [-0.3, -0.25) is 9.00 Å². The van der Waals surface area contributed by atoms with Gasteiger partial charge in [-0.25, -0.2) is 0 Å². The summed E-state index contributed by atoms with van der Waals surface area (Å²) < 4.78 is 21.0. The molecule has 0 N–H and O–H groups in total. The van der Waals surface area contributed by atoms with Crippen LogP contribution in [-0.2, 0) is 25.1 Å². The first-order valence-corrected chi connectivity index (χ1v) is 5.95. The van der Waals surface area contributed by atoms with E-state index in [0.717, 1.165) is 0 Å². The fourth-order valence-electron chi connectivity index (χ4n) is 0.946. The molecule has 0 radical (unpaired) electrons. The minimum Gasteiger partial charge on any atom is -0.469 e. The molecule has 0 rings (SSSR count). The Morgan fingerprint density at radius 3 is 2.29 bits per heavy atom. The molecule has 0 aliphatic rings. The predicted octanol–water partition coefficient (Wildman–Crippen LogP) is 0.579. The van der Waals surface area contributed by atoms with Crippen LogP contribution >= 0.6 is 0 Å². The quantitative estimate of drug-likeness (QED) is 0.617. The van der Waals surface area contributed by atoms with Crippen molar-refractivity contribution >= 4 is 16.8 Å². The van der Waals surface area contributed by atoms with Gasteiger partial charge in [-0.2, -0.15) is 0 Å². The molecule has 0 spiro atoms. The van der Waals surface area contributed by atoms with Crippen LogP contribution in [0.3, 0.4) is 0 Å². The van der Waals surface area contributed by atoms with Crippen LogP contribution in [0.5, 0.6) is 0 Å². The van der Waals surface area contributed by atoms with Crippen molar-refractivity contribution in [2.75, 3.05) is 25.7 Å². The van der Waals surface area contributed by atoms with E-state index in [2.05, 4.69) is 4.74 Å². The number of esters is 1. The Morgan fingerprint density at radius 2 is 1.86 bits per heavy atom. The van der Waals surface area contributed by atoms with Crippen LogP contribution in [0.25, 0.3) is 0 Å². The van der Waals surface area contributed by atoms with Crippen LogP contribution in [0.2, 0.25) is 0 Å². The third kappa shape index (κ3) is 5.34. The molecule has 0 saturated carbocycles. The number of carbonyl (C=O) groups is 1. The molecule has 5 heteroatoms. The predicted molar refractivity (Wildman–Crippen MR) is 55.5 cm³/mol. The number of ether oxygens (including phenoxy) is 2. The molecule has 84 valence electrons. The maximum absolute atomic E-state index is 11.5. The molecular formula is C9H18O4S. The molecule has 0 aromatic carbocycles. The second-order valence-electron chi connectivity index (χ2n) is 3.24. The number of methoxy groups -OCH3 is 2. The highest BCUT2D eigenvalue weighted by Gasteiger charge is 2.17. The van der Waals surface area contributed by atoms with E-state index in [4.69, 9.17) is 4.74 Å². The maximum Gasteiger partial charge on any atom is 0.309 e. The van der Waals surface area contributed by atoms with Crippen LogP contribution < -0.4 is 0 Å². The first-order valence-electron chi connectivity index (χ1n) is 4.46. The van der Waals surface area contributed by atoms with Gasteiger partial charge in [0.05, 0.1) is 19.1 Å². The normalized spacial score (nSPS) is 17.1. The Kier molecular flexibility index (Phi) is 6.74. The summed E-state index contributed by atoms with van der Waals surface area (Å²) in [6, 6.07) is 0. The Morgan fingerprint density at radius 1 is 1.29 bits per heavy atom. The van der Waals surface area contributed by atoms with E-state index in [0.29, 0.717) is 11.5 Å². The van der Waals surface area contributed by atoms with Crippen LogP contribution in [0.4, 0.5) is 0 Å². The Bertz CT molecular complexity index is 205. The average Bonchev–Trinajstić information content (AvgIpc) is 2.15. The fourth-order valence-corrected chi connectivity index (χ4v) is 2.44. The van der Waals surface area contributed by atoms with Gasteiger partial charge in [0, 0.05) is 29.4 Å². The summed E-state index contributed by atoms with van der Waals surface area (Å²) >= 11 is 0. The number of rotatable bonds is 6. The van der Waals surface area contributed by atoms with Crippen LogP contribution in [0.15, 0.2) is 0 Å². The highest BCUT2D eigenvalue weighted by molar-refractivity contribution is 7.85. The van der Waals surface area contributed by atoms with E-state index < -0.39 is 10.8 Å². The Labute approximate surface area is 87.4 Å². The molecule has 0 aliphatic carbocycles. The SMILES string of the molecule is COC(=O)C(C)CS(=O)CC(C)OC. The van der Waals surface area contributed by atoms with Crippen molar-refractivity contribution in [1.82, 2.24) is 0 Å². The van der Waals surface area contributed by atoms with Gasteiger partial charge >= 0.3 is 5.97 Å². The summed E-state index contributed by atoms with van der Waals surface area (Å²) in [6.45, 7) is 3.56. The first kappa shape index (κ1) is 13.6. The Balaban J connectivity index is 3.88. The largest absolute Gasteiger partial charge is 0.469 e. The summed E-state index contributed by atoms with van der Waals surface area (Å²) in [6.07, 6.45) is -0.0410. The minimum absolute atomic E-state index is 0.0410. The second kappa shape index (κ2) is 6.95. The van der Waals surface area contributed by atoms with Crippen molar-refractivity contribution in [3.63, 3.8) is 0 Å². The molecule has 0 heterocycles. The van der Waals surface area contributed by atoms with Crippen molar-refractivity contribution in [3.05, 3.63) is 0 Å². The van der Waals surface area contributed by atoms with Gasteiger partial charge in [-0.05, 0) is 6.92 Å². The molecule has 0 aromatic rings.